The number of sulfonamides is 1. The van der Waals surface area contributed by atoms with E-state index in [0.717, 1.165) is 24.9 Å². The van der Waals surface area contributed by atoms with E-state index in [9.17, 15) is 13.2 Å². The van der Waals surface area contributed by atoms with Gasteiger partial charge >= 0.3 is 5.97 Å². The Kier molecular flexibility index (Phi) is 9.40. The lowest BCUT2D eigenvalue weighted by molar-refractivity contribution is -0.149. The predicted octanol–water partition coefficient (Wildman–Crippen LogP) is 1.35. The van der Waals surface area contributed by atoms with Crippen molar-refractivity contribution in [2.24, 2.45) is 10.9 Å². The summed E-state index contributed by atoms with van der Waals surface area (Å²) in [6, 6.07) is 9.39. The lowest BCUT2D eigenvalue weighted by Gasteiger charge is -2.34. The summed E-state index contributed by atoms with van der Waals surface area (Å²) < 4.78 is 32.3. The molecule has 2 N–H and O–H groups in total. The molecule has 8 nitrogen and oxygen atoms in total. The Balaban J connectivity index is 1.91. The molecule has 1 fully saturated rings. The third kappa shape index (κ3) is 8.02. The topological polar surface area (TPSA) is 100 Å². The van der Waals surface area contributed by atoms with Crippen molar-refractivity contribution in [2.75, 3.05) is 38.5 Å². The fraction of sp³-hybridized carbons (Fsp3) is 0.600. The van der Waals surface area contributed by atoms with E-state index in [1.165, 1.54) is 0 Å². The monoisotopic (exact) mass is 424 g/mol. The molecule has 1 aliphatic rings. The number of benzene rings is 1. The molecule has 29 heavy (non-hydrogen) atoms. The van der Waals surface area contributed by atoms with Crippen LogP contribution in [0.5, 0.6) is 0 Å². The summed E-state index contributed by atoms with van der Waals surface area (Å²) >= 11 is 0. The number of carbonyl (C=O) groups excluding carboxylic acids is 1. The van der Waals surface area contributed by atoms with Gasteiger partial charge in [0.15, 0.2) is 5.96 Å². The Bertz CT molecular complexity index is 768. The highest BCUT2D eigenvalue weighted by molar-refractivity contribution is 7.89. The van der Waals surface area contributed by atoms with Gasteiger partial charge in [0.25, 0.3) is 0 Å². The van der Waals surface area contributed by atoms with Gasteiger partial charge in [-0.15, -0.1) is 0 Å². The van der Waals surface area contributed by atoms with E-state index in [1.807, 2.05) is 42.2 Å². The zero-order chi connectivity index (χ0) is 21.1. The highest BCUT2D eigenvalue weighted by Crippen LogP contribution is 2.18. The van der Waals surface area contributed by atoms with Crippen LogP contribution in [0.1, 0.15) is 32.3 Å². The van der Waals surface area contributed by atoms with Gasteiger partial charge in [-0.05, 0) is 32.3 Å². The van der Waals surface area contributed by atoms with Gasteiger partial charge < -0.3 is 15.0 Å². The van der Waals surface area contributed by atoms with Gasteiger partial charge in [-0.2, -0.15) is 0 Å². The van der Waals surface area contributed by atoms with E-state index < -0.39 is 10.0 Å². The minimum absolute atomic E-state index is 0.0934. The molecule has 162 valence electrons. The first-order chi connectivity index (χ1) is 13.9. The number of likely N-dealkylation sites (tertiary alicyclic amines) is 1. The van der Waals surface area contributed by atoms with E-state index in [1.54, 1.807) is 6.92 Å². The first kappa shape index (κ1) is 23.2. The Morgan fingerprint density at radius 1 is 1.28 bits per heavy atom. The maximum Gasteiger partial charge on any atom is 0.310 e. The number of hydrogen-bond acceptors (Lipinski definition) is 5. The quantitative estimate of drug-likeness (QED) is 0.353. The average Bonchev–Trinajstić information content (AvgIpc) is 2.73. The zero-order valence-electron chi connectivity index (χ0n) is 17.3. The molecule has 9 heteroatoms. The molecule has 1 atom stereocenters. The van der Waals surface area contributed by atoms with Crippen LogP contribution in [0.2, 0.25) is 0 Å². The number of nitrogens with zero attached hydrogens (tertiary/aromatic N) is 2. The molecule has 1 aliphatic heterocycles. The van der Waals surface area contributed by atoms with Crippen LogP contribution < -0.4 is 10.0 Å². The molecular weight excluding hydrogens is 392 g/mol. The van der Waals surface area contributed by atoms with E-state index in [0.29, 0.717) is 25.7 Å². The van der Waals surface area contributed by atoms with E-state index in [2.05, 4.69) is 15.0 Å². The number of aliphatic imine (C=N–C) groups is 1. The molecular formula is C20H32N4O4S. The molecule has 0 spiro atoms. The van der Waals surface area contributed by atoms with E-state index in [4.69, 9.17) is 4.74 Å². The second kappa shape index (κ2) is 11.8. The van der Waals surface area contributed by atoms with E-state index in [-0.39, 0.29) is 30.7 Å². The second-order valence-electron chi connectivity index (χ2n) is 6.90. The summed E-state index contributed by atoms with van der Waals surface area (Å²) in [6.07, 6.45) is 1.66. The van der Waals surface area contributed by atoms with Crippen LogP contribution in [0.3, 0.4) is 0 Å². The van der Waals surface area contributed by atoms with Crippen molar-refractivity contribution in [2.45, 2.75) is 33.2 Å². The number of ether oxygens (including phenoxy) is 1. The number of nitrogens with one attached hydrogen (secondary N) is 2. The maximum absolute atomic E-state index is 12.3. The zero-order valence-corrected chi connectivity index (χ0v) is 18.1. The van der Waals surface area contributed by atoms with Gasteiger partial charge in [0.2, 0.25) is 10.0 Å². The lowest BCUT2D eigenvalue weighted by Crippen LogP contribution is -2.48. The normalized spacial score (nSPS) is 17.8. The van der Waals surface area contributed by atoms with Crippen LogP contribution >= 0.6 is 0 Å². The minimum atomic E-state index is -3.43. The van der Waals surface area contributed by atoms with Crippen LogP contribution in [0.4, 0.5) is 0 Å². The highest BCUT2D eigenvalue weighted by Gasteiger charge is 2.28. The lowest BCUT2D eigenvalue weighted by atomic mass is 9.98. The summed E-state index contributed by atoms with van der Waals surface area (Å²) in [4.78, 5) is 18.6. The van der Waals surface area contributed by atoms with Crippen molar-refractivity contribution in [1.29, 1.82) is 0 Å². The SMILES string of the molecule is CCNC(=NCCS(=O)(=O)NCc1ccccc1)N1CCCC(C(=O)OCC)C1. The van der Waals surface area contributed by atoms with Crippen LogP contribution in [0.15, 0.2) is 35.3 Å². The summed E-state index contributed by atoms with van der Waals surface area (Å²) in [5.41, 5.74) is 0.909. The number of esters is 1. The Labute approximate surface area is 173 Å². The van der Waals surface area contributed by atoms with Crippen molar-refractivity contribution in [1.82, 2.24) is 14.9 Å². The fourth-order valence-electron chi connectivity index (χ4n) is 3.18. The predicted molar refractivity (Wildman–Crippen MR) is 114 cm³/mol. The van der Waals surface area contributed by atoms with Crippen molar-refractivity contribution in [3.8, 4) is 0 Å². The van der Waals surface area contributed by atoms with Gasteiger partial charge in [0.05, 0.1) is 24.8 Å². The van der Waals surface area contributed by atoms with Gasteiger partial charge in [-0.25, -0.2) is 13.1 Å². The largest absolute Gasteiger partial charge is 0.466 e. The molecule has 2 rings (SSSR count). The summed E-state index contributed by atoms with van der Waals surface area (Å²) in [6.45, 7) is 6.52. The molecule has 1 aromatic carbocycles. The van der Waals surface area contributed by atoms with Gasteiger partial charge in [0, 0.05) is 26.2 Å². The molecule has 1 heterocycles. The summed E-state index contributed by atoms with van der Waals surface area (Å²) in [5.74, 6) is 0.188. The van der Waals surface area contributed by atoms with Crippen LogP contribution in [-0.2, 0) is 26.1 Å². The maximum atomic E-state index is 12.3. The molecule has 0 radical (unpaired) electrons. The second-order valence-corrected chi connectivity index (χ2v) is 8.82. The average molecular weight is 425 g/mol. The molecule has 1 saturated heterocycles. The number of guanidine groups is 1. The third-order valence-corrected chi connectivity index (χ3v) is 5.94. The fourth-order valence-corrected chi connectivity index (χ4v) is 4.04. The Morgan fingerprint density at radius 2 is 2.03 bits per heavy atom. The van der Waals surface area contributed by atoms with Crippen LogP contribution in [0, 0.1) is 5.92 Å². The molecule has 0 saturated carbocycles. The van der Waals surface area contributed by atoms with Gasteiger partial charge in [-0.3, -0.25) is 9.79 Å². The van der Waals surface area contributed by atoms with Crippen molar-refractivity contribution >= 4 is 22.0 Å². The van der Waals surface area contributed by atoms with Gasteiger partial charge in [0.1, 0.15) is 0 Å². The van der Waals surface area contributed by atoms with E-state index >= 15 is 0 Å². The number of rotatable bonds is 9. The third-order valence-electron chi connectivity index (χ3n) is 4.64. The summed E-state index contributed by atoms with van der Waals surface area (Å²) in [7, 11) is -3.43. The van der Waals surface area contributed by atoms with Crippen molar-refractivity contribution in [3.05, 3.63) is 35.9 Å². The smallest absolute Gasteiger partial charge is 0.310 e. The van der Waals surface area contributed by atoms with Crippen LogP contribution in [0.25, 0.3) is 0 Å². The van der Waals surface area contributed by atoms with Gasteiger partial charge in [-0.1, -0.05) is 30.3 Å². The van der Waals surface area contributed by atoms with Crippen LogP contribution in [-0.4, -0.2) is 63.8 Å². The molecule has 1 aromatic rings. The standard InChI is InChI=1S/C20H32N4O4S/c1-3-21-20(24-13-8-11-18(16-24)19(25)28-4-2)22-12-14-29(26,27)23-15-17-9-6-5-7-10-17/h5-7,9-10,18,23H,3-4,8,11-16H2,1-2H3,(H,21,22). The molecule has 1 unspecified atom stereocenters. The molecule has 0 aliphatic carbocycles. The number of carbonyl (C=O) groups is 1. The molecule has 0 bridgehead atoms. The highest BCUT2D eigenvalue weighted by atomic mass is 32.2. The molecule has 0 aromatic heterocycles. The Morgan fingerprint density at radius 3 is 2.72 bits per heavy atom. The first-order valence-corrected chi connectivity index (χ1v) is 11.8. The molecule has 0 amide bonds. The number of piperidine rings is 1. The minimum Gasteiger partial charge on any atom is -0.466 e. The summed E-state index contributed by atoms with van der Waals surface area (Å²) in [5, 5.41) is 3.20. The van der Waals surface area contributed by atoms with Crippen molar-refractivity contribution in [3.63, 3.8) is 0 Å². The first-order valence-electron chi connectivity index (χ1n) is 10.2. The number of hydrogen-bond donors (Lipinski definition) is 2. The van der Waals surface area contributed by atoms with Crippen molar-refractivity contribution < 1.29 is 17.9 Å². The Hall–Kier alpha value is -2.13.